The smallest absolute Gasteiger partial charge is 0.303 e. The summed E-state index contributed by atoms with van der Waals surface area (Å²) in [6, 6.07) is 8.69. The first-order valence-electron chi connectivity index (χ1n) is 11.4. The normalized spacial score (nSPS) is 14.0. The molecule has 0 aliphatic rings. The van der Waals surface area contributed by atoms with Crippen LogP contribution in [0.4, 0.5) is 0 Å². The van der Waals surface area contributed by atoms with E-state index in [1.54, 1.807) is 0 Å². The number of esters is 2. The molecular formula is C25H38N2O7. The summed E-state index contributed by atoms with van der Waals surface area (Å²) in [7, 11) is 0. The molecule has 2 amide bonds. The van der Waals surface area contributed by atoms with Gasteiger partial charge in [-0.05, 0) is 23.3 Å². The lowest BCUT2D eigenvalue weighted by Gasteiger charge is -2.33. The van der Waals surface area contributed by atoms with Crippen molar-refractivity contribution in [3.05, 3.63) is 35.9 Å². The number of hydroxylamine groups is 1. The molecule has 0 bridgehead atoms. The van der Waals surface area contributed by atoms with Gasteiger partial charge in [-0.1, -0.05) is 65.0 Å². The van der Waals surface area contributed by atoms with Crippen LogP contribution < -0.4 is 10.8 Å². The predicted octanol–water partition coefficient (Wildman–Crippen LogP) is 2.92. The van der Waals surface area contributed by atoms with Crippen LogP contribution in [0.25, 0.3) is 0 Å². The van der Waals surface area contributed by atoms with Crippen molar-refractivity contribution in [3.63, 3.8) is 0 Å². The van der Waals surface area contributed by atoms with Gasteiger partial charge in [0.2, 0.25) is 5.91 Å². The third-order valence-corrected chi connectivity index (χ3v) is 5.05. The van der Waals surface area contributed by atoms with Gasteiger partial charge < -0.3 is 14.8 Å². The van der Waals surface area contributed by atoms with Crippen molar-refractivity contribution < 1.29 is 33.5 Å². The summed E-state index contributed by atoms with van der Waals surface area (Å²) in [6.07, 6.45) is -1.12. The lowest BCUT2D eigenvalue weighted by Crippen LogP contribution is -2.53. The monoisotopic (exact) mass is 478 g/mol. The topological polar surface area (TPSA) is 120 Å². The Morgan fingerprint density at radius 2 is 1.56 bits per heavy atom. The van der Waals surface area contributed by atoms with E-state index in [2.05, 4.69) is 10.8 Å². The molecule has 190 valence electrons. The van der Waals surface area contributed by atoms with Gasteiger partial charge in [0, 0.05) is 13.8 Å². The van der Waals surface area contributed by atoms with Gasteiger partial charge in [0.25, 0.3) is 5.91 Å². The van der Waals surface area contributed by atoms with Crippen molar-refractivity contribution in [2.24, 2.45) is 17.3 Å². The number of benzene rings is 1. The first-order chi connectivity index (χ1) is 15.8. The number of nitrogens with one attached hydrogen (secondary N) is 2. The highest BCUT2D eigenvalue weighted by atomic mass is 16.7. The molecule has 0 radical (unpaired) electrons. The molecule has 0 unspecified atom stereocenters. The average Bonchev–Trinajstić information content (AvgIpc) is 2.72. The lowest BCUT2D eigenvalue weighted by atomic mass is 9.85. The fraction of sp³-hybridized carbons (Fsp3) is 0.600. The molecule has 0 spiro atoms. The summed E-state index contributed by atoms with van der Waals surface area (Å²) in [6.45, 7) is 12.0. The van der Waals surface area contributed by atoms with Gasteiger partial charge in [-0.3, -0.25) is 24.0 Å². The summed E-state index contributed by atoms with van der Waals surface area (Å²) in [4.78, 5) is 54.7. The Balaban J connectivity index is 3.04. The highest BCUT2D eigenvalue weighted by Gasteiger charge is 2.39. The Morgan fingerprint density at radius 1 is 0.941 bits per heavy atom. The average molecular weight is 479 g/mol. The molecule has 0 heterocycles. The van der Waals surface area contributed by atoms with E-state index in [-0.39, 0.29) is 25.6 Å². The van der Waals surface area contributed by atoms with Crippen LogP contribution in [0.2, 0.25) is 0 Å². The molecule has 0 aromatic heterocycles. The number of carbonyl (C=O) groups is 4. The Morgan fingerprint density at radius 3 is 2.06 bits per heavy atom. The molecule has 2 N–H and O–H groups in total. The van der Waals surface area contributed by atoms with Crippen molar-refractivity contribution in [1.29, 1.82) is 0 Å². The Kier molecular flexibility index (Phi) is 11.7. The summed E-state index contributed by atoms with van der Waals surface area (Å²) in [5, 5.41) is 2.88. The number of hydrogen-bond donors (Lipinski definition) is 2. The standard InChI is InChI=1S/C25H38N2O7/c1-16(2)13-20(23(30)26-21(25(5,6)7)15-32-17(3)28)22(34-18(4)29)24(31)27-33-14-19-11-9-8-10-12-19/h8-12,16,20-22H,13-15H2,1-7H3,(H,26,30)(H,27,31)/t20-,21-,22+/m1/s1. The van der Waals surface area contributed by atoms with Gasteiger partial charge in [-0.25, -0.2) is 5.48 Å². The van der Waals surface area contributed by atoms with E-state index in [0.29, 0.717) is 0 Å². The molecule has 0 saturated heterocycles. The fourth-order valence-corrected chi connectivity index (χ4v) is 3.18. The minimum absolute atomic E-state index is 0.0217. The first kappa shape index (κ1) is 29.1. The maximum absolute atomic E-state index is 13.3. The summed E-state index contributed by atoms with van der Waals surface area (Å²) < 4.78 is 10.4. The molecule has 1 rings (SSSR count). The highest BCUT2D eigenvalue weighted by molar-refractivity contribution is 5.90. The van der Waals surface area contributed by atoms with Gasteiger partial charge in [-0.15, -0.1) is 0 Å². The second kappa shape index (κ2) is 13.7. The molecule has 1 aromatic carbocycles. The zero-order chi connectivity index (χ0) is 25.9. The number of hydrogen-bond acceptors (Lipinski definition) is 7. The van der Waals surface area contributed by atoms with Gasteiger partial charge in [0.05, 0.1) is 18.6 Å². The van der Waals surface area contributed by atoms with E-state index in [0.717, 1.165) is 5.56 Å². The van der Waals surface area contributed by atoms with Gasteiger partial charge >= 0.3 is 11.9 Å². The molecule has 9 nitrogen and oxygen atoms in total. The van der Waals surface area contributed by atoms with E-state index < -0.39 is 47.2 Å². The van der Waals surface area contributed by atoms with E-state index in [1.807, 2.05) is 65.0 Å². The molecule has 34 heavy (non-hydrogen) atoms. The Hall–Kier alpha value is -2.94. The summed E-state index contributed by atoms with van der Waals surface area (Å²) >= 11 is 0. The van der Waals surface area contributed by atoms with Crippen LogP contribution >= 0.6 is 0 Å². The number of carbonyl (C=O) groups excluding carboxylic acids is 4. The van der Waals surface area contributed by atoms with Crippen LogP contribution in [0.3, 0.4) is 0 Å². The van der Waals surface area contributed by atoms with Gasteiger partial charge in [0.1, 0.15) is 6.61 Å². The number of ether oxygens (including phenoxy) is 2. The van der Waals surface area contributed by atoms with Crippen molar-refractivity contribution in [2.45, 2.75) is 73.6 Å². The van der Waals surface area contributed by atoms with Crippen LogP contribution in [0.5, 0.6) is 0 Å². The SMILES string of the molecule is CC(=O)OC[C@@H](NC(=O)[C@H](CC(C)C)[C@H](OC(C)=O)C(=O)NOCc1ccccc1)C(C)(C)C. The maximum Gasteiger partial charge on any atom is 0.303 e. The van der Waals surface area contributed by atoms with E-state index in [1.165, 1.54) is 13.8 Å². The van der Waals surface area contributed by atoms with Crippen LogP contribution in [-0.4, -0.2) is 42.5 Å². The predicted molar refractivity (Wildman–Crippen MR) is 126 cm³/mol. The summed E-state index contributed by atoms with van der Waals surface area (Å²) in [5.74, 6) is -3.34. The van der Waals surface area contributed by atoms with E-state index in [9.17, 15) is 19.2 Å². The van der Waals surface area contributed by atoms with Gasteiger partial charge in [0.15, 0.2) is 6.10 Å². The van der Waals surface area contributed by atoms with Gasteiger partial charge in [-0.2, -0.15) is 0 Å². The Bertz CT molecular complexity index is 818. The molecule has 1 aromatic rings. The minimum Gasteiger partial charge on any atom is -0.464 e. The first-order valence-corrected chi connectivity index (χ1v) is 11.4. The molecule has 0 fully saturated rings. The largest absolute Gasteiger partial charge is 0.464 e. The van der Waals surface area contributed by atoms with Crippen molar-refractivity contribution in [2.75, 3.05) is 6.61 Å². The van der Waals surface area contributed by atoms with E-state index in [4.69, 9.17) is 14.3 Å². The second-order valence-corrected chi connectivity index (χ2v) is 9.74. The second-order valence-electron chi connectivity index (χ2n) is 9.74. The molecule has 3 atom stereocenters. The number of rotatable bonds is 12. The molecule has 9 heteroatoms. The van der Waals surface area contributed by atoms with Crippen LogP contribution in [0.1, 0.15) is 60.5 Å². The molecule has 0 saturated carbocycles. The van der Waals surface area contributed by atoms with Crippen molar-refractivity contribution in [1.82, 2.24) is 10.8 Å². The Labute approximate surface area is 201 Å². The number of amides is 2. The molecular weight excluding hydrogens is 440 g/mol. The lowest BCUT2D eigenvalue weighted by molar-refractivity contribution is -0.166. The minimum atomic E-state index is -1.40. The third kappa shape index (κ3) is 10.8. The van der Waals surface area contributed by atoms with Crippen LogP contribution in [0.15, 0.2) is 30.3 Å². The van der Waals surface area contributed by atoms with Crippen LogP contribution in [-0.2, 0) is 40.1 Å². The highest BCUT2D eigenvalue weighted by Crippen LogP contribution is 2.24. The quantitative estimate of drug-likeness (QED) is 0.350. The maximum atomic E-state index is 13.3. The molecule has 0 aliphatic heterocycles. The zero-order valence-corrected chi connectivity index (χ0v) is 21.2. The molecule has 0 aliphatic carbocycles. The van der Waals surface area contributed by atoms with E-state index >= 15 is 0 Å². The fourth-order valence-electron chi connectivity index (χ4n) is 3.18. The third-order valence-electron chi connectivity index (χ3n) is 5.05. The van der Waals surface area contributed by atoms with Crippen LogP contribution in [0, 0.1) is 17.3 Å². The summed E-state index contributed by atoms with van der Waals surface area (Å²) in [5.41, 5.74) is 2.70. The van der Waals surface area contributed by atoms with Crippen molar-refractivity contribution >= 4 is 23.8 Å². The van der Waals surface area contributed by atoms with Crippen molar-refractivity contribution in [3.8, 4) is 0 Å². The zero-order valence-electron chi connectivity index (χ0n) is 21.2.